The predicted octanol–water partition coefficient (Wildman–Crippen LogP) is -0.147. The van der Waals surface area contributed by atoms with Gasteiger partial charge in [-0.25, -0.2) is 19.3 Å². The second-order valence-electron chi connectivity index (χ2n) is 5.52. The molecule has 1 aliphatic rings. The smallest absolute Gasteiger partial charge is 0.348 e. The highest BCUT2D eigenvalue weighted by Crippen LogP contribution is 2.31. The van der Waals surface area contributed by atoms with Crippen molar-refractivity contribution >= 4 is 11.5 Å². The van der Waals surface area contributed by atoms with Gasteiger partial charge >= 0.3 is 5.69 Å². The monoisotopic (exact) mass is 262 g/mol. The van der Waals surface area contributed by atoms with Crippen molar-refractivity contribution in [3.63, 3.8) is 0 Å². The van der Waals surface area contributed by atoms with Crippen LogP contribution in [0.1, 0.15) is 13.3 Å². The Morgan fingerprint density at radius 1 is 1.58 bits per heavy atom. The molecule has 0 aromatic carbocycles. The summed E-state index contributed by atoms with van der Waals surface area (Å²) in [5, 5.41) is 9.63. The Morgan fingerprint density at radius 2 is 2.42 bits per heavy atom. The summed E-state index contributed by atoms with van der Waals surface area (Å²) in [5.74, 6) is 0.881. The van der Waals surface area contributed by atoms with Gasteiger partial charge in [0.2, 0.25) is 0 Å². The van der Waals surface area contributed by atoms with E-state index in [2.05, 4.69) is 32.3 Å². The first-order chi connectivity index (χ1) is 9.11. The molecule has 1 atom stereocenters. The highest BCUT2D eigenvalue weighted by atomic mass is 16.1. The predicted molar refractivity (Wildman–Crippen MR) is 72.5 cm³/mol. The molecule has 1 fully saturated rings. The molecule has 7 heteroatoms. The van der Waals surface area contributed by atoms with Gasteiger partial charge in [-0.05, 0) is 18.9 Å². The molecule has 7 nitrogen and oxygen atoms in total. The van der Waals surface area contributed by atoms with Gasteiger partial charge in [0.1, 0.15) is 12.1 Å². The minimum absolute atomic E-state index is 0.254. The maximum absolute atomic E-state index is 11.4. The van der Waals surface area contributed by atoms with E-state index in [-0.39, 0.29) is 11.1 Å². The first-order valence-corrected chi connectivity index (χ1v) is 6.44. The number of nitrogens with one attached hydrogen (secondary N) is 2. The molecule has 2 aromatic heterocycles. The van der Waals surface area contributed by atoms with E-state index in [1.807, 2.05) is 13.1 Å². The van der Waals surface area contributed by atoms with Gasteiger partial charge in [-0.15, -0.1) is 0 Å². The van der Waals surface area contributed by atoms with Gasteiger partial charge in [0, 0.05) is 25.7 Å². The van der Waals surface area contributed by atoms with Crippen LogP contribution in [0, 0.1) is 5.41 Å². The molecule has 102 valence electrons. The van der Waals surface area contributed by atoms with Crippen LogP contribution in [0.3, 0.4) is 0 Å². The summed E-state index contributed by atoms with van der Waals surface area (Å²) in [4.78, 5) is 18.0. The fourth-order valence-corrected chi connectivity index (χ4v) is 2.76. The SMILES string of the molecule is CNCC1(C)CCN(c2cc3n[nH]c(=O)n3cn2)C1. The molecule has 0 amide bonds. The van der Waals surface area contributed by atoms with Crippen LogP contribution in [0.25, 0.3) is 5.65 Å². The van der Waals surface area contributed by atoms with Crippen LogP contribution in [0.4, 0.5) is 5.82 Å². The van der Waals surface area contributed by atoms with Crippen LogP contribution in [0.5, 0.6) is 0 Å². The molecular formula is C12H18N6O. The number of rotatable bonds is 3. The van der Waals surface area contributed by atoms with Crippen LogP contribution in [-0.4, -0.2) is 46.3 Å². The van der Waals surface area contributed by atoms with Gasteiger partial charge in [0.25, 0.3) is 0 Å². The van der Waals surface area contributed by atoms with Gasteiger partial charge < -0.3 is 10.2 Å². The van der Waals surface area contributed by atoms with Crippen molar-refractivity contribution in [1.82, 2.24) is 24.9 Å². The zero-order chi connectivity index (χ0) is 13.5. The fraction of sp³-hybridized carbons (Fsp3) is 0.583. The second kappa shape index (κ2) is 4.34. The van der Waals surface area contributed by atoms with Gasteiger partial charge in [0.15, 0.2) is 5.65 Å². The van der Waals surface area contributed by atoms with E-state index in [0.717, 1.165) is 31.9 Å². The largest absolute Gasteiger partial charge is 0.356 e. The third kappa shape index (κ3) is 2.10. The van der Waals surface area contributed by atoms with Gasteiger partial charge in [0.05, 0.1) is 0 Å². The summed E-state index contributed by atoms with van der Waals surface area (Å²) in [6.07, 6.45) is 2.66. The first kappa shape index (κ1) is 12.2. The van der Waals surface area contributed by atoms with Crippen LogP contribution < -0.4 is 15.9 Å². The van der Waals surface area contributed by atoms with Crippen LogP contribution in [0.2, 0.25) is 0 Å². The topological polar surface area (TPSA) is 78.3 Å². The van der Waals surface area contributed by atoms with Crippen molar-refractivity contribution in [3.8, 4) is 0 Å². The van der Waals surface area contributed by atoms with Crippen LogP contribution in [-0.2, 0) is 0 Å². The van der Waals surface area contributed by atoms with E-state index in [4.69, 9.17) is 0 Å². The van der Waals surface area contributed by atoms with Crippen molar-refractivity contribution in [2.45, 2.75) is 13.3 Å². The Hall–Kier alpha value is -1.89. The summed E-state index contributed by atoms with van der Waals surface area (Å²) in [6.45, 7) is 5.22. The van der Waals surface area contributed by atoms with E-state index in [0.29, 0.717) is 5.65 Å². The third-order valence-corrected chi connectivity index (χ3v) is 3.78. The lowest BCUT2D eigenvalue weighted by Crippen LogP contribution is -2.33. The molecule has 2 aromatic rings. The van der Waals surface area contributed by atoms with Crippen molar-refractivity contribution in [1.29, 1.82) is 0 Å². The summed E-state index contributed by atoms with van der Waals surface area (Å²) >= 11 is 0. The Bertz CT molecular complexity index is 647. The molecule has 0 aliphatic carbocycles. The van der Waals surface area contributed by atoms with E-state index in [1.54, 1.807) is 0 Å². The lowest BCUT2D eigenvalue weighted by molar-refractivity contribution is 0.356. The number of nitrogens with zero attached hydrogens (tertiary/aromatic N) is 4. The zero-order valence-electron chi connectivity index (χ0n) is 11.2. The number of anilines is 1. The molecule has 1 unspecified atom stereocenters. The Labute approximate surface area is 110 Å². The van der Waals surface area contributed by atoms with Gasteiger partial charge in [-0.3, -0.25) is 0 Å². The lowest BCUT2D eigenvalue weighted by atomic mass is 9.90. The average molecular weight is 262 g/mol. The molecule has 1 saturated heterocycles. The Morgan fingerprint density at radius 3 is 3.21 bits per heavy atom. The van der Waals surface area contributed by atoms with Crippen molar-refractivity contribution < 1.29 is 0 Å². The highest BCUT2D eigenvalue weighted by molar-refractivity contribution is 5.51. The summed E-state index contributed by atoms with van der Waals surface area (Å²) in [7, 11) is 1.98. The average Bonchev–Trinajstić information content (AvgIpc) is 2.94. The standard InChI is InChI=1S/C12H18N6O/c1-12(6-13-2)3-4-17(7-12)9-5-10-15-16-11(19)18(10)8-14-9/h5,8,13H,3-4,6-7H2,1-2H3,(H,16,19). The van der Waals surface area contributed by atoms with E-state index >= 15 is 0 Å². The summed E-state index contributed by atoms with van der Waals surface area (Å²) in [5.41, 5.74) is 0.626. The fourth-order valence-electron chi connectivity index (χ4n) is 2.76. The van der Waals surface area contributed by atoms with E-state index in [9.17, 15) is 4.79 Å². The second-order valence-corrected chi connectivity index (χ2v) is 5.52. The molecule has 0 spiro atoms. The Balaban J connectivity index is 1.87. The summed E-state index contributed by atoms with van der Waals surface area (Å²) in [6, 6.07) is 1.85. The molecule has 0 bridgehead atoms. The van der Waals surface area contributed by atoms with Crippen molar-refractivity contribution in [2.75, 3.05) is 31.6 Å². The molecule has 0 saturated carbocycles. The maximum atomic E-state index is 11.4. The van der Waals surface area contributed by atoms with Crippen LogP contribution in [0.15, 0.2) is 17.2 Å². The maximum Gasteiger partial charge on any atom is 0.348 e. The highest BCUT2D eigenvalue weighted by Gasteiger charge is 2.33. The number of fused-ring (bicyclic) bond motifs is 1. The minimum atomic E-state index is -0.254. The van der Waals surface area contributed by atoms with Crippen molar-refractivity contribution in [3.05, 3.63) is 22.9 Å². The molecule has 2 N–H and O–H groups in total. The molecule has 19 heavy (non-hydrogen) atoms. The van der Waals surface area contributed by atoms with E-state index in [1.165, 1.54) is 10.7 Å². The number of aromatic amines is 1. The molecule has 0 radical (unpaired) electrons. The molecule has 1 aliphatic heterocycles. The normalized spacial score (nSPS) is 23.4. The number of hydrogen-bond donors (Lipinski definition) is 2. The van der Waals surface area contributed by atoms with Crippen LogP contribution >= 0.6 is 0 Å². The Kier molecular flexibility index (Phi) is 2.78. The lowest BCUT2D eigenvalue weighted by Gasteiger charge is -2.24. The van der Waals surface area contributed by atoms with E-state index < -0.39 is 0 Å². The number of H-pyrrole nitrogens is 1. The minimum Gasteiger partial charge on any atom is -0.356 e. The quantitative estimate of drug-likeness (QED) is 0.804. The third-order valence-electron chi connectivity index (χ3n) is 3.78. The molecular weight excluding hydrogens is 244 g/mol. The zero-order valence-corrected chi connectivity index (χ0v) is 11.2. The first-order valence-electron chi connectivity index (χ1n) is 6.44. The number of aromatic nitrogens is 4. The molecule has 3 heterocycles. The summed E-state index contributed by atoms with van der Waals surface area (Å²) < 4.78 is 1.41. The van der Waals surface area contributed by atoms with Gasteiger partial charge in [-0.2, -0.15) is 5.10 Å². The molecule has 3 rings (SSSR count). The number of hydrogen-bond acceptors (Lipinski definition) is 5. The van der Waals surface area contributed by atoms with Gasteiger partial charge in [-0.1, -0.05) is 6.92 Å². The van der Waals surface area contributed by atoms with Crippen molar-refractivity contribution in [2.24, 2.45) is 5.41 Å².